The molecule has 2 N–H and O–H groups in total. The summed E-state index contributed by atoms with van der Waals surface area (Å²) in [5.41, 5.74) is 0. The standard InChI is InChI=1S/C23H43N3O6/c1-9-14(2)20(25(5)6)18(31-7)13-19(27)26-12-10-11-17(26)21(32-8)15(3)22(28)24-16(4)23(29)30/h14-18,20-21H,9-13H2,1-8H3,(H,24,28)(H,29,30)/t14?,15?,16-,17?,18?,20?,21?/m0/s1. The lowest BCUT2D eigenvalue weighted by molar-refractivity contribution is -0.145. The lowest BCUT2D eigenvalue weighted by atomic mass is 9.90. The summed E-state index contributed by atoms with van der Waals surface area (Å²) in [6.07, 6.45) is 2.03. The van der Waals surface area contributed by atoms with Crippen LogP contribution < -0.4 is 5.32 Å². The van der Waals surface area contributed by atoms with Crippen molar-refractivity contribution in [2.24, 2.45) is 11.8 Å². The third kappa shape index (κ3) is 7.15. The number of hydrogen-bond acceptors (Lipinski definition) is 6. The highest BCUT2D eigenvalue weighted by Crippen LogP contribution is 2.28. The third-order valence-electron chi connectivity index (χ3n) is 6.79. The molecule has 0 aromatic rings. The molecule has 0 bridgehead atoms. The molecule has 0 aromatic heterocycles. The van der Waals surface area contributed by atoms with Crippen molar-refractivity contribution in [3.05, 3.63) is 0 Å². The molecule has 1 saturated heterocycles. The monoisotopic (exact) mass is 457 g/mol. The van der Waals surface area contributed by atoms with Gasteiger partial charge in [0.1, 0.15) is 6.04 Å². The zero-order valence-electron chi connectivity index (χ0n) is 21.0. The van der Waals surface area contributed by atoms with Crippen LogP contribution in [0.4, 0.5) is 0 Å². The lowest BCUT2D eigenvalue weighted by Gasteiger charge is -2.38. The van der Waals surface area contributed by atoms with Crippen LogP contribution in [-0.4, -0.2) is 97.9 Å². The maximum Gasteiger partial charge on any atom is 0.325 e. The quantitative estimate of drug-likeness (QED) is 0.432. The molecule has 0 saturated carbocycles. The Kier molecular flexibility index (Phi) is 11.6. The van der Waals surface area contributed by atoms with Gasteiger partial charge in [-0.3, -0.25) is 14.4 Å². The minimum absolute atomic E-state index is 0.0111. The molecule has 1 heterocycles. The number of ether oxygens (including phenoxy) is 2. The summed E-state index contributed by atoms with van der Waals surface area (Å²) in [5.74, 6) is -1.75. The molecule has 0 spiro atoms. The SMILES string of the molecule is CCC(C)C(C(CC(=O)N1CCCC1C(OC)C(C)C(=O)N[C@@H](C)C(=O)O)OC)N(C)C. The van der Waals surface area contributed by atoms with E-state index in [9.17, 15) is 14.4 Å². The molecule has 0 aliphatic carbocycles. The number of carbonyl (C=O) groups is 3. The Morgan fingerprint density at radius 2 is 1.78 bits per heavy atom. The van der Waals surface area contributed by atoms with E-state index in [-0.39, 0.29) is 30.5 Å². The first kappa shape index (κ1) is 28.3. The normalized spacial score (nSPS) is 22.2. The van der Waals surface area contributed by atoms with Gasteiger partial charge in [0, 0.05) is 26.8 Å². The first-order valence-electron chi connectivity index (χ1n) is 11.5. The van der Waals surface area contributed by atoms with E-state index < -0.39 is 29.9 Å². The van der Waals surface area contributed by atoms with Crippen molar-refractivity contribution in [3.63, 3.8) is 0 Å². The van der Waals surface area contributed by atoms with Gasteiger partial charge in [-0.15, -0.1) is 0 Å². The Bertz CT molecular complexity index is 629. The van der Waals surface area contributed by atoms with Gasteiger partial charge in [0.15, 0.2) is 0 Å². The molecule has 32 heavy (non-hydrogen) atoms. The van der Waals surface area contributed by atoms with Crippen molar-refractivity contribution in [2.45, 2.75) is 83.7 Å². The average Bonchev–Trinajstić information content (AvgIpc) is 3.22. The van der Waals surface area contributed by atoms with Crippen molar-refractivity contribution in [2.75, 3.05) is 34.9 Å². The molecule has 186 valence electrons. The summed E-state index contributed by atoms with van der Waals surface area (Å²) in [5, 5.41) is 11.6. The number of methoxy groups -OCH3 is 2. The number of likely N-dealkylation sites (tertiary alicyclic amines) is 1. The molecular weight excluding hydrogens is 414 g/mol. The van der Waals surface area contributed by atoms with E-state index in [1.54, 1.807) is 14.0 Å². The van der Waals surface area contributed by atoms with E-state index in [0.717, 1.165) is 19.3 Å². The Morgan fingerprint density at radius 3 is 2.25 bits per heavy atom. The molecule has 1 aliphatic heterocycles. The zero-order valence-corrected chi connectivity index (χ0v) is 21.0. The van der Waals surface area contributed by atoms with Crippen LogP contribution in [0.25, 0.3) is 0 Å². The Balaban J connectivity index is 2.96. The van der Waals surface area contributed by atoms with Crippen LogP contribution in [0.2, 0.25) is 0 Å². The Hall–Kier alpha value is -1.71. The molecule has 2 amide bonds. The van der Waals surface area contributed by atoms with Crippen molar-refractivity contribution >= 4 is 17.8 Å². The van der Waals surface area contributed by atoms with E-state index in [2.05, 4.69) is 24.1 Å². The fourth-order valence-electron chi connectivity index (χ4n) is 4.78. The lowest BCUT2D eigenvalue weighted by Crippen LogP contribution is -2.52. The minimum Gasteiger partial charge on any atom is -0.480 e. The fourth-order valence-corrected chi connectivity index (χ4v) is 4.78. The summed E-state index contributed by atoms with van der Waals surface area (Å²) in [6.45, 7) is 8.04. The van der Waals surface area contributed by atoms with Gasteiger partial charge in [-0.25, -0.2) is 0 Å². The number of carbonyl (C=O) groups excluding carboxylic acids is 2. The van der Waals surface area contributed by atoms with Crippen molar-refractivity contribution in [1.82, 2.24) is 15.1 Å². The number of carboxylic acid groups (broad SMARTS) is 1. The second-order valence-electron chi connectivity index (χ2n) is 9.17. The molecule has 0 aromatic carbocycles. The van der Waals surface area contributed by atoms with Gasteiger partial charge in [0.2, 0.25) is 11.8 Å². The summed E-state index contributed by atoms with van der Waals surface area (Å²) in [4.78, 5) is 41.0. The van der Waals surface area contributed by atoms with Crippen LogP contribution in [-0.2, 0) is 23.9 Å². The van der Waals surface area contributed by atoms with E-state index in [1.165, 1.54) is 14.0 Å². The number of carboxylic acids is 1. The highest BCUT2D eigenvalue weighted by molar-refractivity contribution is 5.85. The molecule has 6 unspecified atom stereocenters. The number of rotatable bonds is 13. The molecule has 1 aliphatic rings. The topological polar surface area (TPSA) is 108 Å². The average molecular weight is 458 g/mol. The third-order valence-corrected chi connectivity index (χ3v) is 6.79. The zero-order chi connectivity index (χ0) is 24.6. The number of nitrogens with one attached hydrogen (secondary N) is 1. The van der Waals surface area contributed by atoms with Gasteiger partial charge in [-0.1, -0.05) is 27.2 Å². The summed E-state index contributed by atoms with van der Waals surface area (Å²) in [7, 11) is 7.18. The summed E-state index contributed by atoms with van der Waals surface area (Å²) in [6, 6.07) is -1.13. The number of aliphatic carboxylic acids is 1. The maximum atomic E-state index is 13.3. The van der Waals surface area contributed by atoms with Crippen LogP contribution in [0.1, 0.15) is 53.4 Å². The van der Waals surface area contributed by atoms with Gasteiger partial charge >= 0.3 is 5.97 Å². The second kappa shape index (κ2) is 13.1. The van der Waals surface area contributed by atoms with E-state index in [1.807, 2.05) is 19.0 Å². The van der Waals surface area contributed by atoms with Gasteiger partial charge in [0.25, 0.3) is 0 Å². The Labute approximate surface area is 192 Å². The van der Waals surface area contributed by atoms with Gasteiger partial charge in [-0.2, -0.15) is 0 Å². The molecule has 0 radical (unpaired) electrons. The smallest absolute Gasteiger partial charge is 0.325 e. The van der Waals surface area contributed by atoms with Crippen LogP contribution >= 0.6 is 0 Å². The number of nitrogens with zero attached hydrogens (tertiary/aromatic N) is 2. The maximum absolute atomic E-state index is 13.3. The van der Waals surface area contributed by atoms with Crippen LogP contribution in [0.15, 0.2) is 0 Å². The highest BCUT2D eigenvalue weighted by Gasteiger charge is 2.41. The minimum atomic E-state index is -1.10. The van der Waals surface area contributed by atoms with E-state index in [0.29, 0.717) is 12.5 Å². The Morgan fingerprint density at radius 1 is 1.16 bits per heavy atom. The van der Waals surface area contributed by atoms with E-state index in [4.69, 9.17) is 14.6 Å². The fraction of sp³-hybridized carbons (Fsp3) is 0.870. The van der Waals surface area contributed by atoms with Crippen LogP contribution in [0, 0.1) is 11.8 Å². The molecule has 9 nitrogen and oxygen atoms in total. The van der Waals surface area contributed by atoms with Crippen LogP contribution in [0.3, 0.4) is 0 Å². The van der Waals surface area contributed by atoms with Crippen molar-refractivity contribution in [3.8, 4) is 0 Å². The molecular formula is C23H43N3O6. The van der Waals surface area contributed by atoms with Gasteiger partial charge < -0.3 is 29.7 Å². The summed E-state index contributed by atoms with van der Waals surface area (Å²) < 4.78 is 11.4. The molecule has 1 fully saturated rings. The highest BCUT2D eigenvalue weighted by atomic mass is 16.5. The first-order valence-corrected chi connectivity index (χ1v) is 11.5. The number of likely N-dealkylation sites (N-methyl/N-ethyl adjacent to an activating group) is 1. The predicted molar refractivity (Wildman–Crippen MR) is 122 cm³/mol. The number of hydrogen-bond donors (Lipinski definition) is 2. The van der Waals surface area contributed by atoms with Crippen molar-refractivity contribution < 1.29 is 29.0 Å². The second-order valence-corrected chi connectivity index (χ2v) is 9.17. The largest absolute Gasteiger partial charge is 0.480 e. The summed E-state index contributed by atoms with van der Waals surface area (Å²) >= 11 is 0. The van der Waals surface area contributed by atoms with Gasteiger partial charge in [0.05, 0.1) is 30.6 Å². The predicted octanol–water partition coefficient (Wildman–Crippen LogP) is 1.60. The molecule has 9 heteroatoms. The molecule has 7 atom stereocenters. The van der Waals surface area contributed by atoms with Crippen molar-refractivity contribution in [1.29, 1.82) is 0 Å². The van der Waals surface area contributed by atoms with Gasteiger partial charge in [-0.05, 0) is 39.8 Å². The van der Waals surface area contributed by atoms with E-state index >= 15 is 0 Å². The number of amides is 2. The first-order chi connectivity index (χ1) is 15.0. The van der Waals surface area contributed by atoms with Crippen LogP contribution in [0.5, 0.6) is 0 Å². The molecule has 1 rings (SSSR count).